The summed E-state index contributed by atoms with van der Waals surface area (Å²) in [4.78, 5) is 6.58. The molecule has 0 saturated carbocycles. The minimum Gasteiger partial charge on any atom is -0.390 e. The molecule has 0 aliphatic heterocycles. The number of hydrogen-bond acceptors (Lipinski definition) is 5. The van der Waals surface area contributed by atoms with Crippen LogP contribution < -0.4 is 4.90 Å². The summed E-state index contributed by atoms with van der Waals surface area (Å²) in [5, 5.41) is 17.1. The SMILES string of the molecule is CCN(Cc1cccc(C)n1)c1ccc(CO)nn1. The molecule has 100 valence electrons. The molecule has 0 saturated heterocycles. The van der Waals surface area contributed by atoms with Crippen LogP contribution in [0.5, 0.6) is 0 Å². The van der Waals surface area contributed by atoms with Crippen LogP contribution in [-0.2, 0) is 13.2 Å². The number of nitrogens with zero attached hydrogens (tertiary/aromatic N) is 4. The number of rotatable bonds is 5. The van der Waals surface area contributed by atoms with Crippen molar-refractivity contribution in [2.24, 2.45) is 0 Å². The third-order valence-corrected chi connectivity index (χ3v) is 2.87. The molecule has 2 heterocycles. The molecule has 0 amide bonds. The van der Waals surface area contributed by atoms with Gasteiger partial charge in [-0.25, -0.2) is 0 Å². The quantitative estimate of drug-likeness (QED) is 0.884. The van der Waals surface area contributed by atoms with E-state index in [0.29, 0.717) is 12.2 Å². The second kappa shape index (κ2) is 6.24. The second-order valence-corrected chi connectivity index (χ2v) is 4.33. The molecular weight excluding hydrogens is 240 g/mol. The van der Waals surface area contributed by atoms with Crippen LogP contribution in [0.1, 0.15) is 24.0 Å². The molecule has 1 N–H and O–H groups in total. The van der Waals surface area contributed by atoms with Gasteiger partial charge < -0.3 is 10.0 Å². The Morgan fingerprint density at radius 3 is 2.53 bits per heavy atom. The number of aromatic nitrogens is 3. The molecule has 0 bridgehead atoms. The van der Waals surface area contributed by atoms with Crippen molar-refractivity contribution in [2.75, 3.05) is 11.4 Å². The zero-order chi connectivity index (χ0) is 13.7. The third kappa shape index (κ3) is 3.48. The maximum absolute atomic E-state index is 8.96. The number of aliphatic hydroxyl groups is 1. The first-order valence-electron chi connectivity index (χ1n) is 6.34. The summed E-state index contributed by atoms with van der Waals surface area (Å²) in [6.45, 7) is 5.49. The van der Waals surface area contributed by atoms with Crippen molar-refractivity contribution in [3.63, 3.8) is 0 Å². The Morgan fingerprint density at radius 1 is 1.11 bits per heavy atom. The molecular formula is C14H18N4O. The number of hydrogen-bond donors (Lipinski definition) is 1. The fraction of sp³-hybridized carbons (Fsp3) is 0.357. The highest BCUT2D eigenvalue weighted by molar-refractivity contribution is 5.37. The van der Waals surface area contributed by atoms with Gasteiger partial charge in [-0.15, -0.1) is 5.10 Å². The highest BCUT2D eigenvalue weighted by atomic mass is 16.3. The Bertz CT molecular complexity index is 527. The van der Waals surface area contributed by atoms with Crippen molar-refractivity contribution in [3.8, 4) is 0 Å². The van der Waals surface area contributed by atoms with Crippen molar-refractivity contribution < 1.29 is 5.11 Å². The van der Waals surface area contributed by atoms with Crippen LogP contribution >= 0.6 is 0 Å². The first kappa shape index (κ1) is 13.4. The lowest BCUT2D eigenvalue weighted by Gasteiger charge is -2.21. The standard InChI is InChI=1S/C14H18N4O/c1-3-18(9-12-6-4-5-11(2)15-12)14-8-7-13(10-19)16-17-14/h4-8,19H,3,9-10H2,1-2H3. The molecule has 0 aromatic carbocycles. The van der Waals surface area contributed by atoms with E-state index >= 15 is 0 Å². The van der Waals surface area contributed by atoms with Gasteiger partial charge in [-0.1, -0.05) is 6.07 Å². The lowest BCUT2D eigenvalue weighted by atomic mass is 10.3. The van der Waals surface area contributed by atoms with Crippen LogP contribution in [0.3, 0.4) is 0 Å². The molecule has 0 aliphatic rings. The molecule has 0 unspecified atom stereocenters. The largest absolute Gasteiger partial charge is 0.390 e. The minimum atomic E-state index is -0.0845. The van der Waals surface area contributed by atoms with E-state index in [0.717, 1.165) is 23.8 Å². The van der Waals surface area contributed by atoms with E-state index in [1.54, 1.807) is 6.07 Å². The van der Waals surface area contributed by atoms with Crippen molar-refractivity contribution in [1.29, 1.82) is 0 Å². The topological polar surface area (TPSA) is 62.1 Å². The number of pyridine rings is 1. The monoisotopic (exact) mass is 258 g/mol. The minimum absolute atomic E-state index is 0.0845. The van der Waals surface area contributed by atoms with Gasteiger partial charge in [0, 0.05) is 12.2 Å². The lowest BCUT2D eigenvalue weighted by Crippen LogP contribution is -2.24. The van der Waals surface area contributed by atoms with Gasteiger partial charge in [-0.05, 0) is 38.1 Å². The fourth-order valence-corrected chi connectivity index (χ4v) is 1.84. The van der Waals surface area contributed by atoms with Gasteiger partial charge >= 0.3 is 0 Å². The molecule has 5 nitrogen and oxygen atoms in total. The van der Waals surface area contributed by atoms with Gasteiger partial charge in [0.1, 0.15) is 0 Å². The summed E-state index contributed by atoms with van der Waals surface area (Å²) in [7, 11) is 0. The Morgan fingerprint density at radius 2 is 1.95 bits per heavy atom. The van der Waals surface area contributed by atoms with Crippen LogP contribution in [0, 0.1) is 6.92 Å². The van der Waals surface area contributed by atoms with Crippen molar-refractivity contribution in [3.05, 3.63) is 47.4 Å². The van der Waals surface area contributed by atoms with Crippen LogP contribution in [0.15, 0.2) is 30.3 Å². The maximum Gasteiger partial charge on any atom is 0.151 e. The average molecular weight is 258 g/mol. The van der Waals surface area contributed by atoms with E-state index in [1.807, 2.05) is 31.2 Å². The number of anilines is 1. The molecule has 0 fully saturated rings. The van der Waals surface area contributed by atoms with E-state index in [9.17, 15) is 0 Å². The summed E-state index contributed by atoms with van der Waals surface area (Å²) in [5.74, 6) is 0.794. The highest BCUT2D eigenvalue weighted by Crippen LogP contribution is 2.13. The van der Waals surface area contributed by atoms with E-state index in [1.165, 1.54) is 0 Å². The van der Waals surface area contributed by atoms with Crippen LogP contribution in [-0.4, -0.2) is 26.8 Å². The first-order chi connectivity index (χ1) is 9.22. The Hall–Kier alpha value is -2.01. The third-order valence-electron chi connectivity index (χ3n) is 2.87. The maximum atomic E-state index is 8.96. The molecule has 0 aliphatic carbocycles. The molecule has 5 heteroatoms. The van der Waals surface area contributed by atoms with Crippen molar-refractivity contribution in [1.82, 2.24) is 15.2 Å². The molecule has 2 aromatic heterocycles. The molecule has 2 rings (SSSR count). The average Bonchev–Trinajstić information content (AvgIpc) is 2.45. The van der Waals surface area contributed by atoms with E-state index in [4.69, 9.17) is 5.11 Å². The number of aliphatic hydroxyl groups excluding tert-OH is 1. The van der Waals surface area contributed by atoms with Gasteiger partial charge in [0.05, 0.1) is 24.5 Å². The Labute approximate surface area is 112 Å². The highest BCUT2D eigenvalue weighted by Gasteiger charge is 2.08. The summed E-state index contributed by atoms with van der Waals surface area (Å²) < 4.78 is 0. The van der Waals surface area contributed by atoms with Crippen LogP contribution in [0.4, 0.5) is 5.82 Å². The van der Waals surface area contributed by atoms with Gasteiger partial charge in [-0.2, -0.15) is 5.10 Å². The summed E-state index contributed by atoms with van der Waals surface area (Å²) in [6, 6.07) is 9.65. The number of aryl methyl sites for hydroxylation is 1. The van der Waals surface area contributed by atoms with Crippen molar-refractivity contribution >= 4 is 5.82 Å². The Balaban J connectivity index is 2.15. The molecule has 0 radical (unpaired) electrons. The normalized spacial score (nSPS) is 10.5. The molecule has 0 atom stereocenters. The molecule has 19 heavy (non-hydrogen) atoms. The zero-order valence-electron chi connectivity index (χ0n) is 11.2. The smallest absolute Gasteiger partial charge is 0.151 e. The second-order valence-electron chi connectivity index (χ2n) is 4.33. The van der Waals surface area contributed by atoms with E-state index in [2.05, 4.69) is 27.0 Å². The summed E-state index contributed by atoms with van der Waals surface area (Å²) >= 11 is 0. The van der Waals surface area contributed by atoms with Gasteiger partial charge in [-0.3, -0.25) is 4.98 Å². The summed E-state index contributed by atoms with van der Waals surface area (Å²) in [5.41, 5.74) is 2.60. The predicted molar refractivity (Wildman–Crippen MR) is 73.7 cm³/mol. The van der Waals surface area contributed by atoms with Gasteiger partial charge in [0.15, 0.2) is 5.82 Å². The van der Waals surface area contributed by atoms with Crippen molar-refractivity contribution in [2.45, 2.75) is 27.0 Å². The Kier molecular flexibility index (Phi) is 4.41. The predicted octanol–water partition coefficient (Wildman–Crippen LogP) is 1.70. The fourth-order valence-electron chi connectivity index (χ4n) is 1.84. The molecule has 2 aromatic rings. The van der Waals surface area contributed by atoms with Gasteiger partial charge in [0.2, 0.25) is 0 Å². The van der Waals surface area contributed by atoms with Crippen LogP contribution in [0.25, 0.3) is 0 Å². The zero-order valence-corrected chi connectivity index (χ0v) is 11.2. The van der Waals surface area contributed by atoms with E-state index in [-0.39, 0.29) is 6.61 Å². The molecule has 0 spiro atoms. The van der Waals surface area contributed by atoms with Crippen LogP contribution in [0.2, 0.25) is 0 Å². The lowest BCUT2D eigenvalue weighted by molar-refractivity contribution is 0.275. The van der Waals surface area contributed by atoms with E-state index < -0.39 is 0 Å². The summed E-state index contributed by atoms with van der Waals surface area (Å²) in [6.07, 6.45) is 0. The van der Waals surface area contributed by atoms with Gasteiger partial charge in [0.25, 0.3) is 0 Å². The first-order valence-corrected chi connectivity index (χ1v) is 6.34.